The normalized spacial score (nSPS) is 17.5. The van der Waals surface area contributed by atoms with E-state index in [1.807, 2.05) is 0 Å². The fraction of sp³-hybridized carbons (Fsp3) is 0.357. The van der Waals surface area contributed by atoms with Crippen LogP contribution < -0.4 is 4.74 Å². The molecule has 2 aromatic heterocycles. The number of halogens is 2. The number of nitrogens with zero attached hydrogens (tertiary/aromatic N) is 5. The summed E-state index contributed by atoms with van der Waals surface area (Å²) in [5.41, 5.74) is 1.76. The van der Waals surface area contributed by atoms with Crippen molar-refractivity contribution < 1.29 is 28.6 Å². The Labute approximate surface area is 245 Å². The number of imidazole rings is 1. The Hall–Kier alpha value is -3.64. The van der Waals surface area contributed by atoms with Crippen molar-refractivity contribution in [3.63, 3.8) is 0 Å². The lowest BCUT2D eigenvalue weighted by atomic mass is 10.1. The number of carboxylic acid groups (broad SMARTS) is 1. The van der Waals surface area contributed by atoms with Gasteiger partial charge in [-0.25, -0.2) is 14.8 Å². The molecule has 11 nitrogen and oxygen atoms in total. The minimum atomic E-state index is -0.974. The average Bonchev–Trinajstić information content (AvgIpc) is 3.54. The summed E-state index contributed by atoms with van der Waals surface area (Å²) in [5, 5.41) is 10.4. The smallest absolute Gasteiger partial charge is 0.335 e. The number of aromatic nitrogens is 3. The lowest BCUT2D eigenvalue weighted by Gasteiger charge is -2.34. The second-order valence-electron chi connectivity index (χ2n) is 9.99. The molecule has 41 heavy (non-hydrogen) atoms. The van der Waals surface area contributed by atoms with Gasteiger partial charge in [0.05, 0.1) is 47.0 Å². The van der Waals surface area contributed by atoms with E-state index in [0.29, 0.717) is 60.8 Å². The molecule has 0 spiro atoms. The molecule has 0 bridgehead atoms. The number of benzene rings is 2. The van der Waals surface area contributed by atoms with Crippen LogP contribution in [0.4, 0.5) is 0 Å². The molecule has 2 fully saturated rings. The molecule has 2 saturated heterocycles. The Morgan fingerprint density at radius 1 is 1.10 bits per heavy atom. The predicted molar refractivity (Wildman–Crippen MR) is 150 cm³/mol. The van der Waals surface area contributed by atoms with E-state index in [4.69, 9.17) is 42.1 Å². The van der Waals surface area contributed by atoms with E-state index in [1.165, 1.54) is 6.20 Å². The van der Waals surface area contributed by atoms with E-state index in [2.05, 4.69) is 14.5 Å². The summed E-state index contributed by atoms with van der Waals surface area (Å²) in [6, 6.07) is 9.91. The number of aromatic carboxylic acids is 1. The Balaban J connectivity index is 1.07. The van der Waals surface area contributed by atoms with Crippen LogP contribution in [0.1, 0.15) is 39.0 Å². The van der Waals surface area contributed by atoms with Gasteiger partial charge in [0, 0.05) is 37.8 Å². The molecule has 13 heteroatoms. The Morgan fingerprint density at radius 3 is 2.61 bits per heavy atom. The first kappa shape index (κ1) is 27.5. The molecule has 4 heterocycles. The van der Waals surface area contributed by atoms with Crippen LogP contribution in [0.2, 0.25) is 10.0 Å². The zero-order chi connectivity index (χ0) is 28.5. The zero-order valence-electron chi connectivity index (χ0n) is 22.0. The largest absolute Gasteiger partial charge is 0.484 e. The molecular weight excluding hydrogens is 573 g/mol. The Kier molecular flexibility index (Phi) is 7.85. The highest BCUT2D eigenvalue weighted by Gasteiger charge is 2.28. The maximum absolute atomic E-state index is 13.1. The average molecular weight is 600 g/mol. The summed E-state index contributed by atoms with van der Waals surface area (Å²) in [6.45, 7) is 4.27. The number of amides is 1. The van der Waals surface area contributed by atoms with Gasteiger partial charge in [-0.2, -0.15) is 0 Å². The van der Waals surface area contributed by atoms with Gasteiger partial charge in [0.15, 0.2) is 5.76 Å². The SMILES string of the molecule is O=C(O)c1ccc2nc(CN3CCN(C(=O)c4ncc(COc5ccc(Cl)cc5Cl)o4)CC3)n(C[C@@H]3CCO3)c2c1. The Bertz CT molecular complexity index is 1590. The molecule has 2 aliphatic heterocycles. The number of carbonyl (C=O) groups excluding carboxylic acids is 1. The standard InChI is InChI=1S/C28H27Cl2N5O6/c29-18-2-4-24(21(30)12-18)40-16-20-13-31-26(41-20)27(36)34-8-6-33(7-9-34)15-25-32-22-3-1-17(28(37)38)11-23(22)35(25)14-19-5-10-39-19/h1-4,11-13,19H,5-10,14-16H2,(H,37,38)/t19-/m0/s1. The number of fused-ring (bicyclic) bond motifs is 1. The van der Waals surface area contributed by atoms with Crippen LogP contribution in [0.5, 0.6) is 5.75 Å². The third kappa shape index (κ3) is 6.03. The van der Waals surface area contributed by atoms with Crippen LogP contribution in [0.25, 0.3) is 11.0 Å². The van der Waals surface area contributed by atoms with Crippen LogP contribution in [0.3, 0.4) is 0 Å². The molecule has 0 unspecified atom stereocenters. The van der Waals surface area contributed by atoms with Gasteiger partial charge in [-0.3, -0.25) is 9.69 Å². The quantitative estimate of drug-likeness (QED) is 0.299. The highest BCUT2D eigenvalue weighted by Crippen LogP contribution is 2.28. The van der Waals surface area contributed by atoms with Gasteiger partial charge < -0.3 is 28.5 Å². The molecular formula is C28H27Cl2N5O6. The van der Waals surface area contributed by atoms with E-state index in [9.17, 15) is 14.7 Å². The molecule has 0 saturated carbocycles. The minimum Gasteiger partial charge on any atom is -0.484 e. The van der Waals surface area contributed by atoms with Crippen LogP contribution >= 0.6 is 23.2 Å². The number of piperazine rings is 1. The molecule has 1 N–H and O–H groups in total. The monoisotopic (exact) mass is 599 g/mol. The Morgan fingerprint density at radius 2 is 1.90 bits per heavy atom. The summed E-state index contributed by atoms with van der Waals surface area (Å²) in [5.74, 6) is 0.451. The second-order valence-corrected chi connectivity index (χ2v) is 10.8. The van der Waals surface area contributed by atoms with Gasteiger partial charge >= 0.3 is 11.9 Å². The van der Waals surface area contributed by atoms with Gasteiger partial charge in [-0.15, -0.1) is 0 Å². The van der Waals surface area contributed by atoms with E-state index >= 15 is 0 Å². The van der Waals surface area contributed by atoms with Crippen LogP contribution in [-0.4, -0.2) is 80.2 Å². The number of oxazole rings is 1. The summed E-state index contributed by atoms with van der Waals surface area (Å²) < 4.78 is 19.0. The predicted octanol–water partition coefficient (Wildman–Crippen LogP) is 4.36. The lowest BCUT2D eigenvalue weighted by Crippen LogP contribution is -2.48. The molecule has 1 atom stereocenters. The number of hydrogen-bond acceptors (Lipinski definition) is 8. The number of rotatable bonds is 9. The van der Waals surface area contributed by atoms with Crippen molar-refractivity contribution in [2.24, 2.45) is 0 Å². The van der Waals surface area contributed by atoms with Gasteiger partial charge in [0.25, 0.3) is 5.89 Å². The third-order valence-corrected chi connectivity index (χ3v) is 7.81. The number of carboxylic acids is 1. The van der Waals surface area contributed by atoms with Gasteiger partial charge in [-0.05, 0) is 42.8 Å². The lowest BCUT2D eigenvalue weighted by molar-refractivity contribution is -0.0592. The van der Waals surface area contributed by atoms with Gasteiger partial charge in [0.1, 0.15) is 18.2 Å². The van der Waals surface area contributed by atoms with Crippen LogP contribution in [-0.2, 0) is 24.4 Å². The molecule has 2 aromatic carbocycles. The highest BCUT2D eigenvalue weighted by molar-refractivity contribution is 6.35. The summed E-state index contributed by atoms with van der Waals surface area (Å²) in [4.78, 5) is 37.5. The first-order chi connectivity index (χ1) is 19.8. The van der Waals surface area contributed by atoms with Crippen molar-refractivity contribution in [3.05, 3.63) is 75.7 Å². The van der Waals surface area contributed by atoms with Crippen molar-refractivity contribution in [2.45, 2.75) is 32.2 Å². The van der Waals surface area contributed by atoms with Crippen molar-refractivity contribution in [1.82, 2.24) is 24.3 Å². The minimum absolute atomic E-state index is 0.00998. The van der Waals surface area contributed by atoms with Gasteiger partial charge in [-0.1, -0.05) is 23.2 Å². The van der Waals surface area contributed by atoms with E-state index in [-0.39, 0.29) is 30.1 Å². The number of hydrogen-bond donors (Lipinski definition) is 1. The first-order valence-corrected chi connectivity index (χ1v) is 14.0. The van der Waals surface area contributed by atoms with Crippen molar-refractivity contribution in [3.8, 4) is 5.75 Å². The third-order valence-electron chi connectivity index (χ3n) is 7.28. The fourth-order valence-corrected chi connectivity index (χ4v) is 5.38. The second kappa shape index (κ2) is 11.7. The summed E-state index contributed by atoms with van der Waals surface area (Å²) in [7, 11) is 0. The molecule has 2 aliphatic rings. The van der Waals surface area contributed by atoms with Crippen molar-refractivity contribution in [1.29, 1.82) is 0 Å². The molecule has 4 aromatic rings. The number of ether oxygens (including phenoxy) is 2. The molecule has 6 rings (SSSR count). The first-order valence-electron chi connectivity index (χ1n) is 13.2. The van der Waals surface area contributed by atoms with Crippen molar-refractivity contribution >= 4 is 46.1 Å². The molecule has 0 aliphatic carbocycles. The van der Waals surface area contributed by atoms with E-state index in [0.717, 1.165) is 29.9 Å². The maximum atomic E-state index is 13.1. The number of carbonyl (C=O) groups is 2. The maximum Gasteiger partial charge on any atom is 0.335 e. The van der Waals surface area contributed by atoms with Gasteiger partial charge in [0.2, 0.25) is 0 Å². The highest BCUT2D eigenvalue weighted by atomic mass is 35.5. The molecule has 1 amide bonds. The summed E-state index contributed by atoms with van der Waals surface area (Å²) >= 11 is 12.1. The summed E-state index contributed by atoms with van der Waals surface area (Å²) in [6.07, 6.45) is 2.52. The molecule has 214 valence electrons. The van der Waals surface area contributed by atoms with Crippen molar-refractivity contribution in [2.75, 3.05) is 32.8 Å². The van der Waals surface area contributed by atoms with Crippen LogP contribution in [0.15, 0.2) is 47.0 Å². The molecule has 0 radical (unpaired) electrons. The van der Waals surface area contributed by atoms with E-state index < -0.39 is 5.97 Å². The van der Waals surface area contributed by atoms with Crippen LogP contribution in [0, 0.1) is 0 Å². The fourth-order valence-electron chi connectivity index (χ4n) is 4.92. The zero-order valence-corrected chi connectivity index (χ0v) is 23.5. The topological polar surface area (TPSA) is 123 Å². The van der Waals surface area contributed by atoms with E-state index in [1.54, 1.807) is 41.3 Å².